The van der Waals surface area contributed by atoms with Gasteiger partial charge in [-0.1, -0.05) is 6.42 Å². The van der Waals surface area contributed by atoms with Crippen LogP contribution in [0, 0.1) is 5.82 Å². The Morgan fingerprint density at radius 1 is 1.22 bits per heavy atom. The third-order valence-electron chi connectivity index (χ3n) is 4.78. The number of carbonyl (C=O) groups is 1. The molecule has 1 fully saturated rings. The molecule has 0 bridgehead atoms. The maximum Gasteiger partial charge on any atom is 0.239 e. The molecule has 0 unspecified atom stereocenters. The zero-order valence-electron chi connectivity index (χ0n) is 17.8. The molecule has 6 nitrogen and oxygen atoms in total. The minimum atomic E-state index is -2.43. The number of fused-ring (bicyclic) bond motifs is 1. The minimum Gasteiger partial charge on any atom is -0.310 e. The Bertz CT molecular complexity index is 1080. The van der Waals surface area contributed by atoms with E-state index in [0.29, 0.717) is 28.7 Å². The summed E-state index contributed by atoms with van der Waals surface area (Å²) in [5, 5.41) is 7.87. The van der Waals surface area contributed by atoms with Gasteiger partial charge in [0, 0.05) is 40.0 Å². The van der Waals surface area contributed by atoms with E-state index in [2.05, 4.69) is 20.3 Å². The van der Waals surface area contributed by atoms with E-state index in [-0.39, 0.29) is 11.5 Å². The van der Waals surface area contributed by atoms with Crippen molar-refractivity contribution in [3.63, 3.8) is 0 Å². The number of carbonyl (C=O) groups excluding carboxylic acids is 1. The van der Waals surface area contributed by atoms with Crippen molar-refractivity contribution in [1.82, 2.24) is 19.7 Å². The second kappa shape index (κ2) is 7.44. The van der Waals surface area contributed by atoms with Crippen LogP contribution in [0.2, 0.25) is 0 Å². The summed E-state index contributed by atoms with van der Waals surface area (Å²) in [6.45, 7) is -0.264. The summed E-state index contributed by atoms with van der Waals surface area (Å²) in [7, 11) is 0. The first-order valence-electron chi connectivity index (χ1n) is 10.5. The molecule has 7 heteroatoms. The van der Waals surface area contributed by atoms with Gasteiger partial charge in [0.25, 0.3) is 0 Å². The van der Waals surface area contributed by atoms with E-state index in [1.165, 1.54) is 31.1 Å². The number of piperidine rings is 1. The number of likely N-dealkylation sites (tertiary alicyclic amines) is 1. The van der Waals surface area contributed by atoms with E-state index in [1.807, 2.05) is 0 Å². The minimum absolute atomic E-state index is 0.134. The Labute approximate surface area is 161 Å². The van der Waals surface area contributed by atoms with Gasteiger partial charge in [0.1, 0.15) is 11.6 Å². The summed E-state index contributed by atoms with van der Waals surface area (Å²) < 4.78 is 37.6. The summed E-state index contributed by atoms with van der Waals surface area (Å²) in [5.41, 5.74) is 0.591. The average molecular weight is 370 g/mol. The van der Waals surface area contributed by atoms with Crippen molar-refractivity contribution in [3.8, 4) is 11.1 Å². The summed E-state index contributed by atoms with van der Waals surface area (Å²) in [6.07, 6.45) is 7.53. The number of hydrogen-bond acceptors (Lipinski definition) is 4. The number of pyridine rings is 1. The van der Waals surface area contributed by atoms with E-state index in [9.17, 15) is 9.18 Å². The monoisotopic (exact) mass is 370 g/mol. The molecular formula is C20H22FN5O. The van der Waals surface area contributed by atoms with Gasteiger partial charge >= 0.3 is 0 Å². The standard InChI is InChI=1S/C20H22FN5O/c1-25-12-16(11-23-25)17-7-14-9-19(22-10-15(14)8-18(17)21)24-20(27)13-26-5-3-2-4-6-26/h7-12H,2-6,13H2,1H3,(H,22,24,27)/i1D3. The Morgan fingerprint density at radius 2 is 2.07 bits per heavy atom. The maximum atomic E-state index is 14.6. The molecule has 1 aliphatic rings. The van der Waals surface area contributed by atoms with E-state index >= 15 is 0 Å². The van der Waals surface area contributed by atoms with E-state index in [0.717, 1.165) is 30.6 Å². The Balaban J connectivity index is 1.56. The molecule has 1 amide bonds. The molecule has 27 heavy (non-hydrogen) atoms. The second-order valence-electron chi connectivity index (χ2n) is 6.81. The number of nitrogens with one attached hydrogen (secondary N) is 1. The molecule has 1 N–H and O–H groups in total. The van der Waals surface area contributed by atoms with Crippen LogP contribution in [0.25, 0.3) is 21.9 Å². The zero-order chi connectivity index (χ0) is 21.3. The molecule has 3 heterocycles. The molecule has 1 aromatic carbocycles. The van der Waals surface area contributed by atoms with Crippen LogP contribution >= 0.6 is 0 Å². The largest absolute Gasteiger partial charge is 0.310 e. The summed E-state index contributed by atoms with van der Waals surface area (Å²) in [4.78, 5) is 18.7. The lowest BCUT2D eigenvalue weighted by atomic mass is 10.0. The fraction of sp³-hybridized carbons (Fsp3) is 0.350. The third-order valence-corrected chi connectivity index (χ3v) is 4.78. The van der Waals surface area contributed by atoms with Gasteiger partial charge in [0.2, 0.25) is 5.91 Å². The van der Waals surface area contributed by atoms with Crippen LogP contribution in [0.15, 0.2) is 36.8 Å². The SMILES string of the molecule is [2H]C([2H])([2H])n1cc(-c2cc3cc(NC(=O)CN4CCCCC4)ncc3cc2F)cn1. The van der Waals surface area contributed by atoms with Gasteiger partial charge in [0.05, 0.1) is 12.7 Å². The quantitative estimate of drug-likeness (QED) is 0.766. The highest BCUT2D eigenvalue weighted by atomic mass is 19.1. The summed E-state index contributed by atoms with van der Waals surface area (Å²) in [6, 6.07) is 4.62. The van der Waals surface area contributed by atoms with Crippen LogP contribution in [0.4, 0.5) is 10.2 Å². The number of rotatable bonds is 4. The molecule has 0 aliphatic carbocycles. The van der Waals surface area contributed by atoms with Crippen LogP contribution in [0.1, 0.15) is 23.4 Å². The van der Waals surface area contributed by atoms with Crippen LogP contribution in [-0.2, 0) is 11.8 Å². The van der Waals surface area contributed by atoms with Crippen molar-refractivity contribution in [3.05, 3.63) is 42.6 Å². The highest BCUT2D eigenvalue weighted by molar-refractivity contribution is 5.94. The second-order valence-corrected chi connectivity index (χ2v) is 6.81. The number of aromatic nitrogens is 3. The van der Waals surface area contributed by atoms with Crippen LogP contribution in [0.5, 0.6) is 0 Å². The normalized spacial score (nSPS) is 17.3. The molecule has 0 saturated carbocycles. The number of amides is 1. The number of hydrogen-bond donors (Lipinski definition) is 1. The Morgan fingerprint density at radius 3 is 2.85 bits per heavy atom. The first kappa shape index (κ1) is 14.3. The Hall–Kier alpha value is -2.80. The van der Waals surface area contributed by atoms with Crippen molar-refractivity contribution in [2.45, 2.75) is 19.3 Å². The maximum absolute atomic E-state index is 14.6. The van der Waals surface area contributed by atoms with Crippen LogP contribution in [0.3, 0.4) is 0 Å². The lowest BCUT2D eigenvalue weighted by Crippen LogP contribution is -2.36. The van der Waals surface area contributed by atoms with E-state index in [4.69, 9.17) is 4.11 Å². The highest BCUT2D eigenvalue weighted by Crippen LogP contribution is 2.28. The zero-order valence-corrected chi connectivity index (χ0v) is 14.8. The lowest BCUT2D eigenvalue weighted by molar-refractivity contribution is -0.117. The molecule has 0 spiro atoms. The first-order chi connectivity index (χ1) is 14.3. The van der Waals surface area contributed by atoms with Crippen LogP contribution in [-0.4, -0.2) is 45.2 Å². The highest BCUT2D eigenvalue weighted by Gasteiger charge is 2.15. The fourth-order valence-electron chi connectivity index (χ4n) is 3.42. The Kier molecular flexibility index (Phi) is 3.94. The molecule has 0 atom stereocenters. The topological polar surface area (TPSA) is 63.1 Å². The molecule has 2 aromatic heterocycles. The number of aryl methyl sites for hydroxylation is 1. The van der Waals surface area contributed by atoms with Crippen LogP contribution < -0.4 is 5.32 Å². The first-order valence-corrected chi connectivity index (χ1v) is 8.97. The van der Waals surface area contributed by atoms with Crippen molar-refractivity contribution >= 4 is 22.5 Å². The van der Waals surface area contributed by atoms with Crippen molar-refractivity contribution in [2.75, 3.05) is 25.0 Å². The molecule has 1 aliphatic heterocycles. The number of halogens is 1. The third kappa shape index (κ3) is 3.98. The molecule has 0 radical (unpaired) electrons. The van der Waals surface area contributed by atoms with Gasteiger partial charge in [-0.15, -0.1) is 0 Å². The predicted octanol–water partition coefficient (Wildman–Crippen LogP) is 3.20. The summed E-state index contributed by atoms with van der Waals surface area (Å²) >= 11 is 0. The van der Waals surface area contributed by atoms with Gasteiger partial charge in [-0.2, -0.15) is 5.10 Å². The fourth-order valence-corrected chi connectivity index (χ4v) is 3.42. The molecule has 3 aromatic rings. The average Bonchev–Trinajstić information content (AvgIpc) is 3.19. The van der Waals surface area contributed by atoms with Gasteiger partial charge < -0.3 is 5.32 Å². The molecule has 1 saturated heterocycles. The van der Waals surface area contributed by atoms with Crippen molar-refractivity contribution in [1.29, 1.82) is 0 Å². The van der Waals surface area contributed by atoms with Crippen molar-refractivity contribution in [2.24, 2.45) is 6.98 Å². The van der Waals surface area contributed by atoms with Gasteiger partial charge in [-0.3, -0.25) is 14.4 Å². The van der Waals surface area contributed by atoms with Gasteiger partial charge in [-0.05, 0) is 49.5 Å². The van der Waals surface area contributed by atoms with Gasteiger partial charge in [-0.25, -0.2) is 9.37 Å². The lowest BCUT2D eigenvalue weighted by Gasteiger charge is -2.25. The van der Waals surface area contributed by atoms with Gasteiger partial charge in [0.15, 0.2) is 0 Å². The predicted molar refractivity (Wildman–Crippen MR) is 103 cm³/mol. The summed E-state index contributed by atoms with van der Waals surface area (Å²) in [5.74, 6) is -0.249. The number of benzene rings is 1. The molecular weight excluding hydrogens is 345 g/mol. The molecule has 140 valence electrons. The number of nitrogens with zero attached hydrogens (tertiary/aromatic N) is 4. The number of anilines is 1. The smallest absolute Gasteiger partial charge is 0.239 e. The molecule has 4 rings (SSSR count). The van der Waals surface area contributed by atoms with E-state index in [1.54, 1.807) is 12.1 Å². The van der Waals surface area contributed by atoms with E-state index < -0.39 is 12.8 Å². The van der Waals surface area contributed by atoms with Crippen molar-refractivity contribution < 1.29 is 13.3 Å².